The Morgan fingerprint density at radius 3 is 2.50 bits per heavy atom. The van der Waals surface area contributed by atoms with Gasteiger partial charge in [0.2, 0.25) is 5.91 Å². The standard InChI is InChI=1S/C21H18N2O5/c24-20(12-14-5-3-9-17(11-14)23(27)28)22-19(21(25)26)13-16-8-4-7-15-6-1-2-10-18(15)16/h1-11,19H,12-13H2,(H,22,24)(H,25,26)/t19-/m0/s1. The lowest BCUT2D eigenvalue weighted by Gasteiger charge is -2.16. The number of hydrogen-bond donors (Lipinski definition) is 2. The summed E-state index contributed by atoms with van der Waals surface area (Å²) in [5.41, 5.74) is 1.15. The highest BCUT2D eigenvalue weighted by molar-refractivity contribution is 5.88. The fraction of sp³-hybridized carbons (Fsp3) is 0.143. The van der Waals surface area contributed by atoms with E-state index < -0.39 is 22.8 Å². The molecular weight excluding hydrogens is 360 g/mol. The second-order valence-corrected chi connectivity index (χ2v) is 6.40. The zero-order valence-corrected chi connectivity index (χ0v) is 14.9. The molecular formula is C21H18N2O5. The second kappa shape index (κ2) is 8.30. The molecule has 0 saturated carbocycles. The third-order valence-corrected chi connectivity index (χ3v) is 4.42. The Morgan fingerprint density at radius 1 is 1.04 bits per heavy atom. The van der Waals surface area contributed by atoms with Crippen molar-refractivity contribution >= 4 is 28.3 Å². The number of benzene rings is 3. The number of carboxylic acid groups (broad SMARTS) is 1. The summed E-state index contributed by atoms with van der Waals surface area (Å²) in [4.78, 5) is 34.3. The van der Waals surface area contributed by atoms with Crippen LogP contribution >= 0.6 is 0 Å². The lowest BCUT2D eigenvalue weighted by Crippen LogP contribution is -2.43. The first-order valence-electron chi connectivity index (χ1n) is 8.66. The molecule has 0 aliphatic rings. The van der Waals surface area contributed by atoms with Gasteiger partial charge in [-0.3, -0.25) is 14.9 Å². The molecule has 3 rings (SSSR count). The summed E-state index contributed by atoms with van der Waals surface area (Å²) in [6.45, 7) is 0. The minimum Gasteiger partial charge on any atom is -0.480 e. The number of amides is 1. The number of carbonyl (C=O) groups is 2. The van der Waals surface area contributed by atoms with Gasteiger partial charge in [0, 0.05) is 18.6 Å². The van der Waals surface area contributed by atoms with Crippen molar-refractivity contribution in [2.75, 3.05) is 0 Å². The van der Waals surface area contributed by atoms with Gasteiger partial charge in [-0.2, -0.15) is 0 Å². The Morgan fingerprint density at radius 2 is 1.75 bits per heavy atom. The SMILES string of the molecule is O=C(Cc1cccc([N+](=O)[O-])c1)N[C@@H](Cc1cccc2ccccc12)C(=O)O. The normalized spacial score (nSPS) is 11.7. The molecule has 0 aliphatic heterocycles. The molecule has 7 nitrogen and oxygen atoms in total. The summed E-state index contributed by atoms with van der Waals surface area (Å²) in [5, 5.41) is 24.8. The predicted octanol–water partition coefficient (Wildman–Crippen LogP) is 3.10. The van der Waals surface area contributed by atoms with Crippen LogP contribution in [0.2, 0.25) is 0 Å². The molecule has 3 aromatic rings. The topological polar surface area (TPSA) is 110 Å². The number of aliphatic carboxylic acids is 1. The Balaban J connectivity index is 1.74. The van der Waals surface area contributed by atoms with Crippen molar-refractivity contribution in [3.8, 4) is 0 Å². The first kappa shape index (κ1) is 19.0. The lowest BCUT2D eigenvalue weighted by molar-refractivity contribution is -0.384. The quantitative estimate of drug-likeness (QED) is 0.485. The van der Waals surface area contributed by atoms with Crippen LogP contribution in [-0.4, -0.2) is 27.9 Å². The second-order valence-electron chi connectivity index (χ2n) is 6.40. The molecule has 1 atom stereocenters. The minimum absolute atomic E-state index is 0.115. The molecule has 0 bridgehead atoms. The van der Waals surface area contributed by atoms with Gasteiger partial charge >= 0.3 is 5.97 Å². The summed E-state index contributed by atoms with van der Waals surface area (Å²) >= 11 is 0. The fourth-order valence-corrected chi connectivity index (χ4v) is 3.10. The van der Waals surface area contributed by atoms with Crippen molar-refractivity contribution in [2.45, 2.75) is 18.9 Å². The third-order valence-electron chi connectivity index (χ3n) is 4.42. The minimum atomic E-state index is -1.14. The number of carbonyl (C=O) groups excluding carboxylic acids is 1. The van der Waals surface area contributed by atoms with Crippen LogP contribution < -0.4 is 5.32 Å². The van der Waals surface area contributed by atoms with Crippen LogP contribution in [0.25, 0.3) is 10.8 Å². The monoisotopic (exact) mass is 378 g/mol. The number of non-ortho nitro benzene ring substituents is 1. The largest absolute Gasteiger partial charge is 0.480 e. The molecule has 0 aromatic heterocycles. The van der Waals surface area contributed by atoms with E-state index >= 15 is 0 Å². The van der Waals surface area contributed by atoms with Crippen LogP contribution in [0.5, 0.6) is 0 Å². The zero-order chi connectivity index (χ0) is 20.1. The molecule has 0 fully saturated rings. The lowest BCUT2D eigenvalue weighted by atomic mass is 9.98. The Bertz CT molecular complexity index is 1040. The number of fused-ring (bicyclic) bond motifs is 1. The zero-order valence-electron chi connectivity index (χ0n) is 14.9. The molecule has 1 amide bonds. The van der Waals surface area contributed by atoms with Crippen LogP contribution in [0, 0.1) is 10.1 Å². The molecule has 0 saturated heterocycles. The van der Waals surface area contributed by atoms with E-state index in [1.807, 2.05) is 42.5 Å². The summed E-state index contributed by atoms with van der Waals surface area (Å²) in [6, 6.07) is 17.9. The maximum absolute atomic E-state index is 12.3. The van der Waals surface area contributed by atoms with Crippen LogP contribution in [-0.2, 0) is 22.4 Å². The molecule has 0 aliphatic carbocycles. The van der Waals surface area contributed by atoms with E-state index in [0.29, 0.717) is 5.56 Å². The molecule has 0 unspecified atom stereocenters. The fourth-order valence-electron chi connectivity index (χ4n) is 3.10. The van der Waals surface area contributed by atoms with Crippen LogP contribution in [0.1, 0.15) is 11.1 Å². The molecule has 0 radical (unpaired) electrons. The smallest absolute Gasteiger partial charge is 0.326 e. The Hall–Kier alpha value is -3.74. The van der Waals surface area contributed by atoms with E-state index in [-0.39, 0.29) is 18.5 Å². The first-order chi connectivity index (χ1) is 13.4. The molecule has 0 spiro atoms. The van der Waals surface area contributed by atoms with Gasteiger partial charge in [0.15, 0.2) is 0 Å². The highest BCUT2D eigenvalue weighted by Crippen LogP contribution is 2.20. The number of nitrogens with one attached hydrogen (secondary N) is 1. The summed E-state index contributed by atoms with van der Waals surface area (Å²) < 4.78 is 0. The highest BCUT2D eigenvalue weighted by atomic mass is 16.6. The summed E-state index contributed by atoms with van der Waals surface area (Å²) in [5.74, 6) is -1.64. The Kier molecular flexibility index (Phi) is 5.64. The average molecular weight is 378 g/mol. The maximum atomic E-state index is 12.3. The Labute approximate surface area is 160 Å². The van der Waals surface area contributed by atoms with Gasteiger partial charge in [-0.05, 0) is 21.9 Å². The third kappa shape index (κ3) is 4.50. The highest BCUT2D eigenvalue weighted by Gasteiger charge is 2.21. The van der Waals surface area contributed by atoms with Gasteiger partial charge < -0.3 is 10.4 Å². The van der Waals surface area contributed by atoms with Crippen molar-refractivity contribution in [1.29, 1.82) is 0 Å². The van der Waals surface area contributed by atoms with E-state index in [9.17, 15) is 24.8 Å². The van der Waals surface area contributed by atoms with E-state index in [1.54, 1.807) is 6.07 Å². The number of nitrogens with zero attached hydrogens (tertiary/aromatic N) is 1. The predicted molar refractivity (Wildman–Crippen MR) is 104 cm³/mol. The molecule has 3 aromatic carbocycles. The summed E-state index contributed by atoms with van der Waals surface area (Å²) in [6.07, 6.45) is -0.00163. The van der Waals surface area contributed by atoms with Gasteiger partial charge in [0.25, 0.3) is 5.69 Å². The molecule has 7 heteroatoms. The number of nitro groups is 1. The van der Waals surface area contributed by atoms with Gasteiger partial charge in [-0.25, -0.2) is 4.79 Å². The van der Waals surface area contributed by atoms with Crippen molar-refractivity contribution in [3.63, 3.8) is 0 Å². The summed E-state index contributed by atoms with van der Waals surface area (Å²) in [7, 11) is 0. The average Bonchev–Trinajstić information content (AvgIpc) is 2.67. The van der Waals surface area contributed by atoms with Gasteiger partial charge in [0.05, 0.1) is 11.3 Å². The number of nitro benzene ring substituents is 1. The number of hydrogen-bond acceptors (Lipinski definition) is 4. The molecule has 2 N–H and O–H groups in total. The number of rotatable bonds is 7. The number of carboxylic acids is 1. The van der Waals surface area contributed by atoms with Crippen LogP contribution in [0.4, 0.5) is 5.69 Å². The van der Waals surface area contributed by atoms with Crippen molar-refractivity contribution in [3.05, 3.63) is 88.0 Å². The van der Waals surface area contributed by atoms with E-state index in [0.717, 1.165) is 16.3 Å². The van der Waals surface area contributed by atoms with Crippen molar-refractivity contribution in [2.24, 2.45) is 0 Å². The van der Waals surface area contributed by atoms with E-state index in [1.165, 1.54) is 18.2 Å². The van der Waals surface area contributed by atoms with Crippen molar-refractivity contribution in [1.82, 2.24) is 5.32 Å². The molecule has 28 heavy (non-hydrogen) atoms. The maximum Gasteiger partial charge on any atom is 0.326 e. The van der Waals surface area contributed by atoms with Crippen molar-refractivity contribution < 1.29 is 19.6 Å². The van der Waals surface area contributed by atoms with E-state index in [4.69, 9.17) is 0 Å². The molecule has 0 heterocycles. The first-order valence-corrected chi connectivity index (χ1v) is 8.66. The molecule has 142 valence electrons. The van der Waals surface area contributed by atoms with Gasteiger partial charge in [-0.1, -0.05) is 54.6 Å². The van der Waals surface area contributed by atoms with Gasteiger partial charge in [0.1, 0.15) is 6.04 Å². The van der Waals surface area contributed by atoms with E-state index in [2.05, 4.69) is 5.32 Å². The van der Waals surface area contributed by atoms with Crippen LogP contribution in [0.3, 0.4) is 0 Å². The van der Waals surface area contributed by atoms with Crippen LogP contribution in [0.15, 0.2) is 66.7 Å². The van der Waals surface area contributed by atoms with Gasteiger partial charge in [-0.15, -0.1) is 0 Å².